The predicted octanol–water partition coefficient (Wildman–Crippen LogP) is 7.23. The standard InChI is InChI=1S/C88H131N13O22/c1-56-18-10-9-11-19-57(2)69(95-87(111)114-8)52-66-25-22-61(6)88(112,123-66)82(108)85(109)100-30-15-12-21-71(100)86(110)122-74(53-72(103)58(3)47-60(5)80(106)81(107)79(105)59(4)46-56)67(89)48-62-23-27-73(75(49-62)113-7)121-33-17-13-20-64-54-99(98-96-64)32-35-116-37-39-118-41-43-120-45-44-119-42-40-117-38-36-115-34-28-76(104)91-29-14-16-31-101-84-77(83(90)92-55-93-84)78(97-101)70-51-63-50-65(102)24-26-68(63)94-70/h9-11,18-19,24,26,47,50-51,54-56,58-59,61-62,66-67,69,71,73-75,80-81,94,102,106-107,112H,12-17,20-23,25,27-46,48-49,52-53,89H2,1-8H3,(H,91,104)(H,95,111)(H2,90,92,93)/b11-9+,18-10+,57-19+,60-47+/t56-,58-,59-,61-,62+,66+,67-,69+,71+,73-,74+,75-,80-,81+,88-/m1/s1. The number of hydrogen-bond donors (Lipinski definition) is 9. The highest BCUT2D eigenvalue weighted by molar-refractivity contribution is 6.39. The number of aromatic amines is 1. The number of aliphatic hydroxyl groups excluding tert-OH is 2. The first-order chi connectivity index (χ1) is 59.2. The minimum Gasteiger partial charge on any atom is -0.508 e. The summed E-state index contributed by atoms with van der Waals surface area (Å²) in [5.74, 6) is -9.02. The Morgan fingerprint density at radius 2 is 1.48 bits per heavy atom. The number of rotatable bonds is 38. The fraction of sp³-hybridized carbons (Fsp3) is 0.659. The van der Waals surface area contributed by atoms with Crippen molar-refractivity contribution in [2.75, 3.05) is 119 Å². The van der Waals surface area contributed by atoms with Crippen LogP contribution in [0, 0.1) is 29.6 Å². The highest BCUT2D eigenvalue weighted by atomic mass is 16.6. The molecule has 4 aromatic heterocycles. The molecule has 1 aliphatic carbocycles. The van der Waals surface area contributed by atoms with Crippen molar-refractivity contribution in [3.05, 3.63) is 90.1 Å². The lowest BCUT2D eigenvalue weighted by molar-refractivity contribution is -0.264. The molecule has 7 heterocycles. The molecule has 0 unspecified atom stereocenters. The summed E-state index contributed by atoms with van der Waals surface area (Å²) in [7, 11) is 2.86. The molecule has 5 aromatic rings. The summed E-state index contributed by atoms with van der Waals surface area (Å²) in [6.45, 7) is 16.9. The summed E-state index contributed by atoms with van der Waals surface area (Å²) in [4.78, 5) is 110. The third kappa shape index (κ3) is 29.9. The second-order valence-corrected chi connectivity index (χ2v) is 32.8. The summed E-state index contributed by atoms with van der Waals surface area (Å²) in [6, 6.07) is 4.11. The van der Waals surface area contributed by atoms with Crippen LogP contribution in [0.2, 0.25) is 0 Å². The van der Waals surface area contributed by atoms with Gasteiger partial charge in [-0.05, 0) is 158 Å². The normalized spacial score (nSPS) is 26.9. The summed E-state index contributed by atoms with van der Waals surface area (Å²) < 4.78 is 67.2. The van der Waals surface area contributed by atoms with Crippen molar-refractivity contribution >= 4 is 69.0 Å². The lowest BCUT2D eigenvalue weighted by Crippen LogP contribution is -2.61. The van der Waals surface area contributed by atoms with Crippen LogP contribution < -0.4 is 22.1 Å². The number of ketones is 3. The topological polar surface area (TPSA) is 471 Å². The summed E-state index contributed by atoms with van der Waals surface area (Å²) in [5.41, 5.74) is 17.9. The van der Waals surface area contributed by atoms with Gasteiger partial charge in [0, 0.05) is 87.1 Å². The van der Waals surface area contributed by atoms with Gasteiger partial charge in [-0.3, -0.25) is 24.0 Å². The summed E-state index contributed by atoms with van der Waals surface area (Å²) >= 11 is 0. The van der Waals surface area contributed by atoms with Gasteiger partial charge < -0.3 is 105 Å². The van der Waals surface area contributed by atoms with Gasteiger partial charge in [0.1, 0.15) is 53.7 Å². The number of piperidine rings is 1. The monoisotopic (exact) mass is 1720 g/mol. The number of unbranched alkanes of at least 4 members (excludes halogenated alkanes) is 2. The minimum atomic E-state index is -2.59. The first-order valence-electron chi connectivity index (χ1n) is 43.5. The molecule has 2 saturated heterocycles. The Morgan fingerprint density at radius 3 is 2.20 bits per heavy atom. The molecule has 0 radical (unpaired) electrons. The Hall–Kier alpha value is -8.82. The molecule has 123 heavy (non-hydrogen) atoms. The number of benzene rings is 1. The van der Waals surface area contributed by atoms with E-state index in [1.807, 2.05) is 25.3 Å². The molecule has 15 atom stereocenters. The van der Waals surface area contributed by atoms with E-state index in [9.17, 15) is 54.0 Å². The number of esters is 1. The van der Waals surface area contributed by atoms with Crippen molar-refractivity contribution in [2.24, 2.45) is 35.3 Å². The van der Waals surface area contributed by atoms with Crippen LogP contribution in [0.3, 0.4) is 0 Å². The van der Waals surface area contributed by atoms with Gasteiger partial charge in [-0.1, -0.05) is 74.9 Å². The number of aromatic hydroxyl groups is 1. The van der Waals surface area contributed by atoms with Gasteiger partial charge in [0.25, 0.3) is 11.7 Å². The number of aryl methyl sites for hydroxylation is 2. The molecule has 4 aliphatic rings. The van der Waals surface area contributed by atoms with E-state index in [0.717, 1.165) is 52.9 Å². The Bertz CT molecular complexity index is 4320. The third-order valence-electron chi connectivity index (χ3n) is 23.3. The molecule has 35 nitrogen and oxygen atoms in total. The molecule has 680 valence electrons. The number of carbonyl (C=O) groups is 7. The number of fused-ring (bicyclic) bond motifs is 5. The molecule has 3 aliphatic heterocycles. The highest BCUT2D eigenvalue weighted by Crippen LogP contribution is 2.39. The molecule has 1 saturated carbocycles. The van der Waals surface area contributed by atoms with E-state index in [-0.39, 0.29) is 86.5 Å². The molecule has 3 fully saturated rings. The van der Waals surface area contributed by atoms with Crippen LogP contribution >= 0.6 is 0 Å². The van der Waals surface area contributed by atoms with E-state index >= 15 is 0 Å². The average Bonchev–Trinajstić information content (AvgIpc) is 1.61. The lowest BCUT2D eigenvalue weighted by Gasteiger charge is -2.43. The molecular weight excluding hydrogens is 1590 g/mol. The van der Waals surface area contributed by atoms with Gasteiger partial charge in [-0.2, -0.15) is 5.10 Å². The van der Waals surface area contributed by atoms with Gasteiger partial charge in [-0.15, -0.1) is 5.10 Å². The largest absolute Gasteiger partial charge is 0.508 e. The van der Waals surface area contributed by atoms with Gasteiger partial charge in [0.15, 0.2) is 11.4 Å². The zero-order valence-corrected chi connectivity index (χ0v) is 72.6. The van der Waals surface area contributed by atoms with E-state index < -0.39 is 101 Å². The zero-order chi connectivity index (χ0) is 88.4. The second kappa shape index (κ2) is 50.4. The fourth-order valence-corrected chi connectivity index (χ4v) is 16.0. The fourth-order valence-electron chi connectivity index (χ4n) is 16.0. The van der Waals surface area contributed by atoms with Crippen molar-refractivity contribution in [1.82, 2.24) is 55.3 Å². The number of nitrogens with one attached hydrogen (secondary N) is 3. The Morgan fingerprint density at radius 1 is 0.764 bits per heavy atom. The minimum absolute atomic E-state index is 0.0165. The number of Topliss-reactive ketones (excluding diaryl/α,β-unsaturated/α-hetero) is 3. The number of alkyl carbamates (subject to hydrolysis) is 1. The smallest absolute Gasteiger partial charge is 0.407 e. The zero-order valence-electron chi connectivity index (χ0n) is 72.6. The van der Waals surface area contributed by atoms with Crippen LogP contribution in [0.15, 0.2) is 84.4 Å². The maximum atomic E-state index is 14.7. The SMILES string of the molecule is COC(=O)N[C@H]1C[C@@H]2CC[C@@H](C)[C@@](O)(O2)C(=O)C(=O)N2CCCC[C@H]2C(=O)O[C@H]([C@H](N)C[C@@H]2CC[C@@H](OCCCCc3cn(CCOCCOCCOCCOCCOCCOCCC(=O)NCCCCn4nc(-c5cc6cc(O)ccc6[nH]5)c5c(N)ncnc54)nn3)[C@H](OC)C2)CC(=O)[C@H](C)/C=C(\C)[C@@H](O)[C@@H](O)C(=O)[C@H](C)C[C@H](C)/C=C/C=C/C=C/1C. The van der Waals surface area contributed by atoms with Crippen LogP contribution in [0.4, 0.5) is 10.6 Å². The Labute approximate surface area is 719 Å². The van der Waals surface area contributed by atoms with E-state index in [1.165, 1.54) is 26.4 Å². The number of nitrogens with zero attached hydrogens (tertiary/aromatic N) is 8. The van der Waals surface area contributed by atoms with Crippen molar-refractivity contribution in [3.63, 3.8) is 0 Å². The maximum absolute atomic E-state index is 14.7. The lowest BCUT2D eigenvalue weighted by atomic mass is 9.80. The molecule has 1 aromatic carbocycles. The van der Waals surface area contributed by atoms with E-state index in [2.05, 4.69) is 35.9 Å². The van der Waals surface area contributed by atoms with Crippen molar-refractivity contribution in [3.8, 4) is 17.1 Å². The predicted molar refractivity (Wildman–Crippen MR) is 455 cm³/mol. The molecule has 9 rings (SSSR count). The third-order valence-corrected chi connectivity index (χ3v) is 23.3. The number of allylic oxidation sites excluding steroid dienone is 6. The number of cyclic esters (lactones) is 1. The highest BCUT2D eigenvalue weighted by Gasteiger charge is 2.53. The van der Waals surface area contributed by atoms with Crippen LogP contribution in [0.25, 0.3) is 33.3 Å². The summed E-state index contributed by atoms with van der Waals surface area (Å²) in [6.07, 6.45) is 15.1. The molecule has 35 heteroatoms. The second-order valence-electron chi connectivity index (χ2n) is 32.8. The van der Waals surface area contributed by atoms with E-state index in [1.54, 1.807) is 86.7 Å². The number of phenolic OH excluding ortho intramolecular Hbond substituents is 1. The molecule has 0 spiro atoms. The molecule has 3 amide bonds. The van der Waals surface area contributed by atoms with Gasteiger partial charge in [-0.25, -0.2) is 28.9 Å². The van der Waals surface area contributed by atoms with Crippen molar-refractivity contribution < 1.29 is 106 Å². The van der Waals surface area contributed by atoms with Gasteiger partial charge in [0.05, 0.1) is 134 Å². The summed E-state index contributed by atoms with van der Waals surface area (Å²) in [5, 5.41) is 65.4. The molecule has 2 bridgehead atoms. The van der Waals surface area contributed by atoms with Gasteiger partial charge in [0.2, 0.25) is 11.7 Å². The van der Waals surface area contributed by atoms with Gasteiger partial charge >= 0.3 is 12.1 Å². The van der Waals surface area contributed by atoms with E-state index in [4.69, 9.17) is 68.7 Å². The molecule has 11 N–H and O–H groups in total. The number of aromatic nitrogens is 8. The van der Waals surface area contributed by atoms with Crippen LogP contribution in [0.1, 0.15) is 156 Å². The number of nitrogen functional groups attached to an aromatic ring is 1. The number of phenols is 1. The number of methoxy groups -OCH3 is 2. The molecular formula is C88H131N13O22. The number of nitrogens with two attached hydrogens (primary N) is 2. The first-order valence-corrected chi connectivity index (χ1v) is 43.5. The Balaban J connectivity index is 0.625. The number of hydrogen-bond acceptors (Lipinski definition) is 29. The number of H-pyrrole nitrogens is 1. The van der Waals surface area contributed by atoms with Crippen molar-refractivity contribution in [1.29, 1.82) is 0 Å². The number of anilines is 1. The van der Waals surface area contributed by atoms with Crippen LogP contribution in [-0.4, -0.2) is 280 Å². The van der Waals surface area contributed by atoms with Crippen molar-refractivity contribution in [2.45, 2.75) is 231 Å². The van der Waals surface area contributed by atoms with Crippen LogP contribution in [-0.2, 0) is 100 Å². The number of amides is 3. The quantitative estimate of drug-likeness (QED) is 0.00814. The number of ether oxygens (including phenoxy) is 11. The number of carbonyl (C=O) groups excluding carboxylic acids is 7. The Kier molecular flexibility index (Phi) is 40.1. The maximum Gasteiger partial charge on any atom is 0.407 e. The van der Waals surface area contributed by atoms with E-state index in [0.29, 0.717) is 185 Å². The van der Waals surface area contributed by atoms with Crippen LogP contribution in [0.5, 0.6) is 5.75 Å². The average molecular weight is 1720 g/mol. The number of aliphatic hydroxyl groups is 3. The first kappa shape index (κ1) is 98.0.